The molecule has 4 heteroatoms. The van der Waals surface area contributed by atoms with Gasteiger partial charge in [-0.15, -0.1) is 0 Å². The van der Waals surface area contributed by atoms with E-state index in [9.17, 15) is 0 Å². The first-order chi connectivity index (χ1) is 51.4. The van der Waals surface area contributed by atoms with Crippen LogP contribution in [0.4, 0.5) is 34.1 Å². The highest BCUT2D eigenvalue weighted by Crippen LogP contribution is 2.66. The summed E-state index contributed by atoms with van der Waals surface area (Å²) in [5.41, 5.74) is 40.0. The van der Waals surface area contributed by atoms with Gasteiger partial charge in [0, 0.05) is 21.2 Å². The lowest BCUT2D eigenvalue weighted by Crippen LogP contribution is -2.25. The third-order valence-electron chi connectivity index (χ3n) is 23.2. The maximum Gasteiger partial charge on any atom is 0.152 e. The van der Waals surface area contributed by atoms with Gasteiger partial charge in [-0.3, -0.25) is 0 Å². The second-order valence-electron chi connectivity index (χ2n) is 28.6. The van der Waals surface area contributed by atoms with Crippen LogP contribution in [0.25, 0.3) is 89.0 Å². The average Bonchev–Trinajstić information content (AvgIpc) is 1.52. The Hall–Kier alpha value is -12.7. The summed E-state index contributed by atoms with van der Waals surface area (Å²) in [5.74, 6) is 1.62. The molecule has 0 saturated carbocycles. The Kier molecular flexibility index (Phi) is 12.8. The summed E-state index contributed by atoms with van der Waals surface area (Å²) in [6.07, 6.45) is 0.810. The zero-order valence-electron chi connectivity index (χ0n) is 57.0. The van der Waals surface area contributed by atoms with E-state index in [1.165, 1.54) is 144 Å². The fourth-order valence-corrected chi connectivity index (χ4v) is 19.8. The summed E-state index contributed by atoms with van der Waals surface area (Å²) in [5, 5.41) is 0. The van der Waals surface area contributed by atoms with E-state index in [1.807, 2.05) is 11.8 Å². The van der Waals surface area contributed by atoms with E-state index < -0.39 is 10.8 Å². The highest BCUT2D eigenvalue weighted by Gasteiger charge is 2.53. The van der Waals surface area contributed by atoms with Crippen LogP contribution in [0.2, 0.25) is 0 Å². The van der Waals surface area contributed by atoms with Gasteiger partial charge in [-0.05, 0) is 243 Å². The molecule has 22 rings (SSSR count). The van der Waals surface area contributed by atoms with Crippen LogP contribution in [-0.2, 0) is 17.3 Å². The Labute approximate surface area is 609 Å². The van der Waals surface area contributed by atoms with Crippen molar-refractivity contribution in [2.75, 3.05) is 9.80 Å². The number of benzene rings is 16. The second-order valence-corrected chi connectivity index (χ2v) is 29.7. The molecule has 6 aliphatic rings. The van der Waals surface area contributed by atoms with Gasteiger partial charge in [-0.2, -0.15) is 0 Å². The number of rotatable bonds is 8. The predicted molar refractivity (Wildman–Crippen MR) is 428 cm³/mol. The summed E-state index contributed by atoms with van der Waals surface area (Å²) in [6, 6.07) is 134. The van der Waals surface area contributed by atoms with Crippen LogP contribution in [-0.4, -0.2) is 0 Å². The molecule has 0 N–H and O–H groups in total. The zero-order valence-corrected chi connectivity index (χ0v) is 57.8. The Morgan fingerprint density at radius 1 is 0.250 bits per heavy atom. The first-order valence-electron chi connectivity index (χ1n) is 36.1. The highest BCUT2D eigenvalue weighted by atomic mass is 32.2. The molecule has 0 aromatic heterocycles. The van der Waals surface area contributed by atoms with Crippen molar-refractivity contribution in [3.63, 3.8) is 0 Å². The van der Waals surface area contributed by atoms with Gasteiger partial charge in [0.05, 0.1) is 33.6 Å². The lowest BCUT2D eigenvalue weighted by Gasteiger charge is -2.34. The molecule has 16 aromatic rings. The van der Waals surface area contributed by atoms with Gasteiger partial charge in [0.25, 0.3) is 0 Å². The van der Waals surface area contributed by atoms with Gasteiger partial charge in [0.15, 0.2) is 11.5 Å². The lowest BCUT2D eigenvalue weighted by atomic mass is 9.70. The van der Waals surface area contributed by atoms with Gasteiger partial charge in [-0.1, -0.05) is 290 Å². The number of nitrogens with zero attached hydrogens (tertiary/aromatic N) is 2. The van der Waals surface area contributed by atoms with Crippen LogP contribution in [0.3, 0.4) is 0 Å². The first-order valence-corrected chi connectivity index (χ1v) is 36.9. The van der Waals surface area contributed by atoms with Gasteiger partial charge >= 0.3 is 0 Å². The lowest BCUT2D eigenvalue weighted by molar-refractivity contribution is 0.477. The van der Waals surface area contributed by atoms with Crippen molar-refractivity contribution >= 4 is 45.9 Å². The van der Waals surface area contributed by atoms with Gasteiger partial charge in [-0.25, -0.2) is 0 Å². The van der Waals surface area contributed by atoms with E-state index in [0.29, 0.717) is 0 Å². The maximum atomic E-state index is 7.12. The number of hydrogen-bond acceptors (Lipinski definition) is 4. The second kappa shape index (κ2) is 22.6. The summed E-state index contributed by atoms with van der Waals surface area (Å²) < 4.78 is 7.12. The minimum Gasteiger partial charge on any atom is -0.453 e. The number of ether oxygens (including phenoxy) is 1. The Morgan fingerprint density at radius 2 is 0.567 bits per heavy atom. The van der Waals surface area contributed by atoms with E-state index >= 15 is 0 Å². The predicted octanol–water partition coefficient (Wildman–Crippen LogP) is 26.5. The summed E-state index contributed by atoms with van der Waals surface area (Å²) in [6.45, 7) is 2.16. The largest absolute Gasteiger partial charge is 0.453 e. The molecule has 3 nitrogen and oxygen atoms in total. The number of fused-ring (bicyclic) bond motifs is 24. The number of aryl methyl sites for hydroxylation is 1. The molecule has 2 spiro atoms. The topological polar surface area (TPSA) is 15.7 Å². The fourth-order valence-electron chi connectivity index (χ4n) is 18.6. The molecule has 0 radical (unpaired) electrons. The van der Waals surface area contributed by atoms with Crippen molar-refractivity contribution in [2.45, 2.75) is 34.0 Å². The molecule has 16 aromatic carbocycles. The molecule has 2 aliphatic heterocycles. The average molecular weight is 1340 g/mol. The molecule has 0 amide bonds. The Balaban J connectivity index is 0.568. The quantitative estimate of drug-likeness (QED) is 0.151. The van der Waals surface area contributed by atoms with Gasteiger partial charge < -0.3 is 14.5 Å². The molecular weight excluding hydrogens is 1280 g/mol. The van der Waals surface area contributed by atoms with Crippen molar-refractivity contribution in [1.82, 2.24) is 0 Å². The van der Waals surface area contributed by atoms with Gasteiger partial charge in [0.2, 0.25) is 0 Å². The Bertz CT molecular complexity index is 6160. The van der Waals surface area contributed by atoms with E-state index in [1.54, 1.807) is 0 Å². The number of anilines is 6. The van der Waals surface area contributed by atoms with Crippen molar-refractivity contribution in [1.29, 1.82) is 0 Å². The minimum absolute atomic E-state index is 0.403. The van der Waals surface area contributed by atoms with Crippen molar-refractivity contribution < 1.29 is 4.74 Å². The van der Waals surface area contributed by atoms with E-state index in [0.717, 1.165) is 68.5 Å². The molecule has 0 atom stereocenters. The van der Waals surface area contributed by atoms with Crippen molar-refractivity contribution in [2.24, 2.45) is 0 Å². The molecule has 0 fully saturated rings. The van der Waals surface area contributed by atoms with E-state index in [4.69, 9.17) is 4.74 Å². The molecule has 4 aliphatic carbocycles. The van der Waals surface area contributed by atoms with E-state index in [-0.39, 0.29) is 0 Å². The zero-order chi connectivity index (χ0) is 68.4. The fraction of sp³-hybridized carbons (Fsp3) is 0.0400. The molecule has 0 bridgehead atoms. The van der Waals surface area contributed by atoms with Gasteiger partial charge in [0.1, 0.15) is 0 Å². The van der Waals surface area contributed by atoms with Crippen LogP contribution in [0, 0.1) is 6.92 Å². The van der Waals surface area contributed by atoms with Crippen LogP contribution in [0.5, 0.6) is 11.5 Å². The third kappa shape index (κ3) is 8.55. The maximum absolute atomic E-state index is 7.12. The smallest absolute Gasteiger partial charge is 0.152 e. The van der Waals surface area contributed by atoms with Crippen LogP contribution >= 0.6 is 11.8 Å². The Morgan fingerprint density at radius 3 is 1.04 bits per heavy atom. The number of hydrogen-bond donors (Lipinski definition) is 0. The molecule has 0 unspecified atom stereocenters. The normalized spacial score (nSPS) is 14.0. The minimum atomic E-state index is -0.433. The summed E-state index contributed by atoms with van der Waals surface area (Å²) >= 11 is 1.88. The van der Waals surface area contributed by atoms with E-state index in [2.05, 4.69) is 375 Å². The van der Waals surface area contributed by atoms with Crippen LogP contribution in [0.1, 0.15) is 61.2 Å². The van der Waals surface area contributed by atoms with Crippen LogP contribution in [0.15, 0.2) is 368 Å². The highest BCUT2D eigenvalue weighted by molar-refractivity contribution is 7.99. The first kappa shape index (κ1) is 59.0. The molecule has 0 saturated heterocycles. The standard InChI is InChI=1S/C100H64N2OS/c1-62-31-45-73(46-32-62)102-93-51-35-64(56-97(93)104-98-61-72(44-54-94(98)102)69-41-50-82-80-24-10-16-30-88(80)100(90(82)58-69)85-27-13-7-21-77(85)78-22-8-14-28-86(78)100)55-63-33-36-66(37-34-63)67-38-47-74(48-39-67)101-91-52-42-70(65-17-3-2-4-18-65)59-95(91)103-96-60-71(43-53-92(96)101)68-40-49-81-79-23-9-15-29-87(79)99(89(81)57-68)83-25-11-5-19-75(83)76-20-6-12-26-84(76)99/h2-54,56-61H,55H2,1H3. The van der Waals surface area contributed by atoms with Crippen LogP contribution < -0.4 is 14.5 Å². The third-order valence-corrected chi connectivity index (χ3v) is 24.3. The summed E-state index contributed by atoms with van der Waals surface area (Å²) in [4.78, 5) is 7.31. The van der Waals surface area contributed by atoms with Crippen molar-refractivity contribution in [3.8, 4) is 101 Å². The molecule has 104 heavy (non-hydrogen) atoms. The summed E-state index contributed by atoms with van der Waals surface area (Å²) in [7, 11) is 0. The monoisotopic (exact) mass is 1340 g/mol. The van der Waals surface area contributed by atoms with Crippen molar-refractivity contribution in [3.05, 3.63) is 419 Å². The SMILES string of the molecule is Cc1ccc(N2c3ccc(Cc4ccc(-c5ccc(N6c7ccc(-c8ccccc8)cc7Oc7cc(-c8ccc9c(c8)C8(c%10ccccc%10-c%10ccccc%108)c8ccccc8-9)ccc76)cc5)cc4)cc3Sc3cc(-c4ccc5c(c4)C4(c6ccccc6-c6ccccc64)c4ccccc4-5)ccc32)cc1. The molecular formula is C100H64N2OS. The molecule has 2 heterocycles. The molecule has 486 valence electrons.